The number of likely N-dealkylation sites (tertiary alicyclic amines) is 1. The zero-order valence-electron chi connectivity index (χ0n) is 11.7. The Kier molecular flexibility index (Phi) is 4.59. The van der Waals surface area contributed by atoms with Gasteiger partial charge in [0, 0.05) is 24.8 Å². The molecule has 0 aliphatic carbocycles. The topological polar surface area (TPSA) is 25.4 Å². The summed E-state index contributed by atoms with van der Waals surface area (Å²) in [4.78, 5) is 6.96. The predicted molar refractivity (Wildman–Crippen MR) is 73.8 cm³/mol. The molecule has 3 nitrogen and oxygen atoms in total. The number of hydrogen-bond donors (Lipinski definition) is 0. The molecule has 0 bridgehead atoms. The summed E-state index contributed by atoms with van der Waals surface area (Å²) in [5.41, 5.74) is 1.33. The Hall–Kier alpha value is -1.09. The van der Waals surface area contributed by atoms with Gasteiger partial charge in [-0.05, 0) is 37.8 Å². The molecule has 3 heteroatoms. The van der Waals surface area contributed by atoms with Crippen molar-refractivity contribution in [2.45, 2.75) is 39.7 Å². The Labute approximate surface area is 110 Å². The third-order valence-corrected chi connectivity index (χ3v) is 3.40. The van der Waals surface area contributed by atoms with Crippen molar-refractivity contribution in [3.63, 3.8) is 0 Å². The Morgan fingerprint density at radius 1 is 1.44 bits per heavy atom. The second-order valence-electron chi connectivity index (χ2n) is 5.41. The number of aromatic nitrogens is 1. The molecule has 100 valence electrons. The van der Waals surface area contributed by atoms with E-state index in [1.54, 1.807) is 0 Å². The minimum Gasteiger partial charge on any atom is -0.478 e. The van der Waals surface area contributed by atoms with E-state index >= 15 is 0 Å². The molecule has 1 fully saturated rings. The molecule has 18 heavy (non-hydrogen) atoms. The first-order chi connectivity index (χ1) is 8.70. The van der Waals surface area contributed by atoms with E-state index < -0.39 is 0 Å². The van der Waals surface area contributed by atoms with Gasteiger partial charge in [-0.25, -0.2) is 4.98 Å². The van der Waals surface area contributed by atoms with Gasteiger partial charge < -0.3 is 4.74 Å². The lowest BCUT2D eigenvalue weighted by molar-refractivity contribution is 0.228. The fraction of sp³-hybridized carbons (Fsp3) is 0.667. The largest absolute Gasteiger partial charge is 0.478 e. The molecule has 2 heterocycles. The molecule has 0 N–H and O–H groups in total. The van der Waals surface area contributed by atoms with Crippen LogP contribution in [0.5, 0.6) is 5.88 Å². The Bertz CT molecular complexity index is 361. The molecule has 1 atom stereocenters. The van der Waals surface area contributed by atoms with Crippen LogP contribution >= 0.6 is 0 Å². The van der Waals surface area contributed by atoms with Gasteiger partial charge in [-0.1, -0.05) is 19.9 Å². The molecule has 0 amide bonds. The molecule has 1 aromatic rings. The van der Waals surface area contributed by atoms with Crippen molar-refractivity contribution in [2.75, 3.05) is 19.7 Å². The predicted octanol–water partition coefficient (Wildman–Crippen LogP) is 3.27. The Balaban J connectivity index is 2.05. The van der Waals surface area contributed by atoms with Crippen LogP contribution in [-0.2, 0) is 0 Å². The highest BCUT2D eigenvalue weighted by Gasteiger charge is 2.26. The van der Waals surface area contributed by atoms with Gasteiger partial charge in [0.05, 0.1) is 6.61 Å². The fourth-order valence-electron chi connectivity index (χ4n) is 2.71. The number of ether oxygens (including phenoxy) is 1. The van der Waals surface area contributed by atoms with Crippen LogP contribution in [0.1, 0.15) is 45.2 Å². The molecule has 0 spiro atoms. The highest BCUT2D eigenvalue weighted by molar-refractivity contribution is 5.21. The van der Waals surface area contributed by atoms with Crippen LogP contribution in [0, 0.1) is 5.92 Å². The molecule has 0 radical (unpaired) electrons. The van der Waals surface area contributed by atoms with Gasteiger partial charge in [-0.2, -0.15) is 0 Å². The van der Waals surface area contributed by atoms with E-state index in [-0.39, 0.29) is 0 Å². The molecule has 2 rings (SSSR count). The zero-order valence-corrected chi connectivity index (χ0v) is 11.7. The van der Waals surface area contributed by atoms with Crippen molar-refractivity contribution < 1.29 is 4.74 Å². The first kappa shape index (κ1) is 13.3. The number of rotatable bonds is 5. The van der Waals surface area contributed by atoms with Crippen LogP contribution in [0.3, 0.4) is 0 Å². The van der Waals surface area contributed by atoms with Gasteiger partial charge >= 0.3 is 0 Å². The average Bonchev–Trinajstić information content (AvgIpc) is 2.78. The molecule has 1 aliphatic heterocycles. The van der Waals surface area contributed by atoms with Gasteiger partial charge in [0.2, 0.25) is 5.88 Å². The summed E-state index contributed by atoms with van der Waals surface area (Å²) < 4.78 is 5.39. The van der Waals surface area contributed by atoms with Crippen LogP contribution in [-0.4, -0.2) is 29.6 Å². The second kappa shape index (κ2) is 6.19. The molecular formula is C15H24N2O. The summed E-state index contributed by atoms with van der Waals surface area (Å²) in [5.74, 6) is 1.45. The Morgan fingerprint density at radius 3 is 2.89 bits per heavy atom. The lowest BCUT2D eigenvalue weighted by atomic mass is 10.1. The smallest absolute Gasteiger partial charge is 0.213 e. The van der Waals surface area contributed by atoms with Crippen LogP contribution in [0.4, 0.5) is 0 Å². The summed E-state index contributed by atoms with van der Waals surface area (Å²) in [6.07, 6.45) is 4.53. The number of nitrogens with zero attached hydrogens (tertiary/aromatic N) is 2. The van der Waals surface area contributed by atoms with E-state index in [0.717, 1.165) is 11.8 Å². The Morgan fingerprint density at radius 2 is 2.28 bits per heavy atom. The molecule has 1 aliphatic rings. The zero-order chi connectivity index (χ0) is 13.0. The molecule has 1 saturated heterocycles. The second-order valence-corrected chi connectivity index (χ2v) is 5.41. The van der Waals surface area contributed by atoms with Crippen LogP contribution in [0.2, 0.25) is 0 Å². The van der Waals surface area contributed by atoms with Crippen LogP contribution in [0.25, 0.3) is 0 Å². The third kappa shape index (κ3) is 3.22. The third-order valence-electron chi connectivity index (χ3n) is 3.40. The lowest BCUT2D eigenvalue weighted by Gasteiger charge is -2.26. The van der Waals surface area contributed by atoms with Gasteiger partial charge in [-0.3, -0.25) is 4.90 Å². The van der Waals surface area contributed by atoms with Crippen molar-refractivity contribution in [2.24, 2.45) is 5.92 Å². The van der Waals surface area contributed by atoms with Crippen LogP contribution < -0.4 is 4.74 Å². The summed E-state index contributed by atoms with van der Waals surface area (Å²) >= 11 is 0. The van der Waals surface area contributed by atoms with Crippen molar-refractivity contribution >= 4 is 0 Å². The van der Waals surface area contributed by atoms with Crippen molar-refractivity contribution in [1.29, 1.82) is 0 Å². The summed E-state index contributed by atoms with van der Waals surface area (Å²) in [7, 11) is 0. The SMILES string of the molecule is CCOc1ccc([C@H]2CCCN2CC(C)C)cn1. The average molecular weight is 248 g/mol. The fourth-order valence-corrected chi connectivity index (χ4v) is 2.71. The van der Waals surface area contributed by atoms with Crippen LogP contribution in [0.15, 0.2) is 18.3 Å². The highest BCUT2D eigenvalue weighted by atomic mass is 16.5. The maximum atomic E-state index is 5.39. The highest BCUT2D eigenvalue weighted by Crippen LogP contribution is 2.32. The quantitative estimate of drug-likeness (QED) is 0.799. The van der Waals surface area contributed by atoms with Gasteiger partial charge in [-0.15, -0.1) is 0 Å². The van der Waals surface area contributed by atoms with Crippen molar-refractivity contribution in [3.05, 3.63) is 23.9 Å². The van der Waals surface area contributed by atoms with E-state index in [0.29, 0.717) is 12.6 Å². The number of pyridine rings is 1. The minimum absolute atomic E-state index is 0.551. The van der Waals surface area contributed by atoms with E-state index in [1.807, 2.05) is 19.2 Å². The van der Waals surface area contributed by atoms with Gasteiger partial charge in [0.25, 0.3) is 0 Å². The van der Waals surface area contributed by atoms with Gasteiger partial charge in [0.15, 0.2) is 0 Å². The first-order valence-electron chi connectivity index (χ1n) is 7.03. The summed E-state index contributed by atoms with van der Waals surface area (Å²) in [5, 5.41) is 0. The van der Waals surface area contributed by atoms with E-state index in [9.17, 15) is 0 Å². The van der Waals surface area contributed by atoms with Gasteiger partial charge in [0.1, 0.15) is 0 Å². The standard InChI is InChI=1S/C15H24N2O/c1-4-18-15-8-7-13(10-16-15)14-6-5-9-17(14)11-12(2)3/h7-8,10,12,14H,4-6,9,11H2,1-3H3/t14-/m1/s1. The first-order valence-corrected chi connectivity index (χ1v) is 7.03. The summed E-state index contributed by atoms with van der Waals surface area (Å²) in [6, 6.07) is 4.71. The van der Waals surface area contributed by atoms with Crippen molar-refractivity contribution in [1.82, 2.24) is 9.88 Å². The van der Waals surface area contributed by atoms with Crippen molar-refractivity contribution in [3.8, 4) is 5.88 Å². The van der Waals surface area contributed by atoms with E-state index in [2.05, 4.69) is 29.8 Å². The normalized spacial score (nSPS) is 20.6. The molecule has 1 aromatic heterocycles. The summed E-state index contributed by atoms with van der Waals surface area (Å²) in [6.45, 7) is 9.62. The van der Waals surface area contributed by atoms with E-state index in [4.69, 9.17) is 4.74 Å². The minimum atomic E-state index is 0.551. The monoisotopic (exact) mass is 248 g/mol. The number of hydrogen-bond acceptors (Lipinski definition) is 3. The maximum Gasteiger partial charge on any atom is 0.213 e. The lowest BCUT2D eigenvalue weighted by Crippen LogP contribution is -2.27. The molecule has 0 aromatic carbocycles. The molecule has 0 unspecified atom stereocenters. The molecular weight excluding hydrogens is 224 g/mol. The maximum absolute atomic E-state index is 5.39. The van der Waals surface area contributed by atoms with E-state index in [1.165, 1.54) is 31.5 Å². The molecule has 0 saturated carbocycles.